The number of amides is 1. The third-order valence-corrected chi connectivity index (χ3v) is 4.02. The average molecular weight is 327 g/mol. The van der Waals surface area contributed by atoms with E-state index < -0.39 is 4.92 Å². The van der Waals surface area contributed by atoms with E-state index in [1.54, 1.807) is 6.07 Å². The van der Waals surface area contributed by atoms with Crippen LogP contribution in [0.15, 0.2) is 22.7 Å². The Morgan fingerprint density at radius 1 is 1.47 bits per heavy atom. The zero-order chi connectivity index (χ0) is 13.8. The van der Waals surface area contributed by atoms with Crippen LogP contribution in [0.2, 0.25) is 0 Å². The minimum atomic E-state index is -0.506. The summed E-state index contributed by atoms with van der Waals surface area (Å²) in [5.41, 5.74) is 0.214. The molecule has 1 fully saturated rings. The predicted molar refractivity (Wildman–Crippen MR) is 75.1 cm³/mol. The van der Waals surface area contributed by atoms with Gasteiger partial charge in [-0.05, 0) is 40.8 Å². The maximum atomic E-state index is 11.9. The number of nitrogens with zero attached hydrogens (tertiary/aromatic N) is 1. The second-order valence-corrected chi connectivity index (χ2v) is 5.53. The molecule has 0 radical (unpaired) electrons. The lowest BCUT2D eigenvalue weighted by atomic mass is 10.2. The van der Waals surface area contributed by atoms with Gasteiger partial charge >= 0.3 is 0 Å². The number of carbonyl (C=O) groups excluding carboxylic acids is 1. The van der Waals surface area contributed by atoms with E-state index in [9.17, 15) is 14.9 Å². The normalized spacial score (nSPS) is 14.2. The molecule has 0 saturated heterocycles. The fraction of sp³-hybridized carbons (Fsp3) is 0.462. The fourth-order valence-electron chi connectivity index (χ4n) is 1.93. The van der Waals surface area contributed by atoms with E-state index in [2.05, 4.69) is 21.2 Å². The Labute approximate surface area is 119 Å². The van der Waals surface area contributed by atoms with Gasteiger partial charge in [-0.25, -0.2) is 0 Å². The molecule has 0 aliphatic heterocycles. The molecule has 0 atom stereocenters. The van der Waals surface area contributed by atoms with Crippen LogP contribution in [-0.2, 0) is 0 Å². The molecule has 6 heteroatoms. The SMILES string of the molecule is O=C(NCCCC1CC1)c1cccc([N+](=O)[O-])c1Br. The first-order valence-electron chi connectivity index (χ1n) is 6.30. The van der Waals surface area contributed by atoms with Crippen molar-refractivity contribution in [1.82, 2.24) is 5.32 Å². The monoisotopic (exact) mass is 326 g/mol. The van der Waals surface area contributed by atoms with Crippen LogP contribution in [0.4, 0.5) is 5.69 Å². The van der Waals surface area contributed by atoms with Gasteiger partial charge in [0.05, 0.1) is 10.5 Å². The van der Waals surface area contributed by atoms with Crippen molar-refractivity contribution >= 4 is 27.5 Å². The highest BCUT2D eigenvalue weighted by Crippen LogP contribution is 2.33. The van der Waals surface area contributed by atoms with Gasteiger partial charge in [-0.15, -0.1) is 0 Å². The van der Waals surface area contributed by atoms with Crippen molar-refractivity contribution in [1.29, 1.82) is 0 Å². The molecule has 1 N–H and O–H groups in total. The summed E-state index contributed by atoms with van der Waals surface area (Å²) in [5, 5.41) is 13.6. The van der Waals surface area contributed by atoms with Gasteiger partial charge in [0, 0.05) is 12.6 Å². The van der Waals surface area contributed by atoms with E-state index in [1.165, 1.54) is 25.0 Å². The molecule has 2 rings (SSSR count). The van der Waals surface area contributed by atoms with E-state index in [0.29, 0.717) is 12.1 Å². The summed E-state index contributed by atoms with van der Waals surface area (Å²) in [7, 11) is 0. The first-order valence-corrected chi connectivity index (χ1v) is 7.10. The molecule has 1 amide bonds. The summed E-state index contributed by atoms with van der Waals surface area (Å²) in [4.78, 5) is 22.2. The number of halogens is 1. The molecule has 1 aliphatic rings. The molecule has 0 bridgehead atoms. The standard InChI is InChI=1S/C13H15BrN2O3/c14-12-10(4-1-5-11(12)16(18)19)13(17)15-8-2-3-9-6-7-9/h1,4-5,9H,2-3,6-8H2,(H,15,17). The summed E-state index contributed by atoms with van der Waals surface area (Å²) < 4.78 is 0.236. The van der Waals surface area contributed by atoms with Crippen LogP contribution in [0.25, 0.3) is 0 Å². The second-order valence-electron chi connectivity index (χ2n) is 4.74. The molecular weight excluding hydrogens is 312 g/mol. The summed E-state index contributed by atoms with van der Waals surface area (Å²) in [6, 6.07) is 4.46. The van der Waals surface area contributed by atoms with E-state index in [4.69, 9.17) is 0 Å². The van der Waals surface area contributed by atoms with Crippen molar-refractivity contribution in [3.8, 4) is 0 Å². The van der Waals surface area contributed by atoms with Crippen molar-refractivity contribution in [3.05, 3.63) is 38.3 Å². The van der Waals surface area contributed by atoms with Gasteiger partial charge in [-0.3, -0.25) is 14.9 Å². The molecule has 1 aliphatic carbocycles. The van der Waals surface area contributed by atoms with Gasteiger partial charge in [0.2, 0.25) is 0 Å². The molecule has 5 nitrogen and oxygen atoms in total. The highest BCUT2D eigenvalue weighted by molar-refractivity contribution is 9.10. The van der Waals surface area contributed by atoms with Crippen LogP contribution < -0.4 is 5.32 Å². The molecule has 102 valence electrons. The zero-order valence-corrected chi connectivity index (χ0v) is 12.0. The number of benzene rings is 1. The Kier molecular flexibility index (Phi) is 4.52. The summed E-state index contributed by atoms with van der Waals surface area (Å²) >= 11 is 3.12. The molecule has 0 unspecified atom stereocenters. The molecule has 1 saturated carbocycles. The Balaban J connectivity index is 1.93. The van der Waals surface area contributed by atoms with E-state index in [-0.39, 0.29) is 16.1 Å². The topological polar surface area (TPSA) is 72.2 Å². The van der Waals surface area contributed by atoms with Gasteiger partial charge in [0.15, 0.2) is 0 Å². The van der Waals surface area contributed by atoms with Crippen LogP contribution in [0.3, 0.4) is 0 Å². The van der Waals surface area contributed by atoms with Crippen LogP contribution in [0.5, 0.6) is 0 Å². The van der Waals surface area contributed by atoms with E-state index in [1.807, 2.05) is 0 Å². The van der Waals surface area contributed by atoms with Crippen molar-refractivity contribution in [2.45, 2.75) is 25.7 Å². The second kappa shape index (κ2) is 6.14. The average Bonchev–Trinajstić information content (AvgIpc) is 3.18. The molecule has 0 aromatic heterocycles. The van der Waals surface area contributed by atoms with Crippen molar-refractivity contribution in [3.63, 3.8) is 0 Å². The lowest BCUT2D eigenvalue weighted by Crippen LogP contribution is -2.25. The van der Waals surface area contributed by atoms with E-state index >= 15 is 0 Å². The van der Waals surface area contributed by atoms with Crippen molar-refractivity contribution < 1.29 is 9.72 Å². The molecule has 0 spiro atoms. The van der Waals surface area contributed by atoms with Crippen LogP contribution in [0.1, 0.15) is 36.0 Å². The fourth-order valence-corrected chi connectivity index (χ4v) is 2.52. The minimum absolute atomic E-state index is 0.0920. The Bertz CT molecular complexity index is 501. The lowest BCUT2D eigenvalue weighted by Gasteiger charge is -2.06. The first kappa shape index (κ1) is 14.0. The summed E-state index contributed by atoms with van der Waals surface area (Å²) in [5.74, 6) is 0.577. The maximum Gasteiger partial charge on any atom is 0.284 e. The number of nitrogens with one attached hydrogen (secondary N) is 1. The maximum absolute atomic E-state index is 11.9. The van der Waals surface area contributed by atoms with Crippen LogP contribution >= 0.6 is 15.9 Å². The minimum Gasteiger partial charge on any atom is -0.352 e. The van der Waals surface area contributed by atoms with Gasteiger partial charge < -0.3 is 5.32 Å². The Hall–Kier alpha value is -1.43. The number of nitro benzene ring substituents is 1. The summed E-state index contributed by atoms with van der Waals surface area (Å²) in [6.45, 7) is 0.616. The third kappa shape index (κ3) is 3.76. The number of hydrogen-bond donors (Lipinski definition) is 1. The predicted octanol–water partition coefficient (Wildman–Crippen LogP) is 3.28. The van der Waals surface area contributed by atoms with E-state index in [0.717, 1.165) is 18.8 Å². The molecular formula is C13H15BrN2O3. The quantitative estimate of drug-likeness (QED) is 0.495. The number of hydrogen-bond acceptors (Lipinski definition) is 3. The molecule has 19 heavy (non-hydrogen) atoms. The van der Waals surface area contributed by atoms with Crippen molar-refractivity contribution in [2.75, 3.05) is 6.54 Å². The van der Waals surface area contributed by atoms with Gasteiger partial charge in [-0.1, -0.05) is 18.9 Å². The zero-order valence-electron chi connectivity index (χ0n) is 10.4. The van der Waals surface area contributed by atoms with Gasteiger partial charge in [0.1, 0.15) is 4.47 Å². The number of nitro groups is 1. The smallest absolute Gasteiger partial charge is 0.284 e. The number of rotatable bonds is 6. The molecule has 0 heterocycles. The van der Waals surface area contributed by atoms with Crippen LogP contribution in [0, 0.1) is 16.0 Å². The largest absolute Gasteiger partial charge is 0.352 e. The Morgan fingerprint density at radius 3 is 2.84 bits per heavy atom. The molecule has 1 aromatic rings. The lowest BCUT2D eigenvalue weighted by molar-refractivity contribution is -0.385. The summed E-state index contributed by atoms with van der Waals surface area (Å²) in [6.07, 6.45) is 4.73. The third-order valence-electron chi connectivity index (χ3n) is 3.19. The Morgan fingerprint density at radius 2 is 2.21 bits per heavy atom. The number of carbonyl (C=O) groups is 1. The first-order chi connectivity index (χ1) is 9.09. The van der Waals surface area contributed by atoms with Crippen LogP contribution in [-0.4, -0.2) is 17.4 Å². The molecule has 1 aromatic carbocycles. The highest BCUT2D eigenvalue weighted by atomic mass is 79.9. The van der Waals surface area contributed by atoms with Gasteiger partial charge in [-0.2, -0.15) is 0 Å². The van der Waals surface area contributed by atoms with Gasteiger partial charge in [0.25, 0.3) is 11.6 Å². The van der Waals surface area contributed by atoms with Crippen molar-refractivity contribution in [2.24, 2.45) is 5.92 Å². The highest BCUT2D eigenvalue weighted by Gasteiger charge is 2.21.